The van der Waals surface area contributed by atoms with Crippen molar-refractivity contribution in [3.63, 3.8) is 0 Å². The molecular weight excluding hydrogens is 432 g/mol. The summed E-state index contributed by atoms with van der Waals surface area (Å²) in [5.41, 5.74) is 0.314. The highest BCUT2D eigenvalue weighted by Gasteiger charge is 2.17. The summed E-state index contributed by atoms with van der Waals surface area (Å²) in [6.45, 7) is 0.193. The van der Waals surface area contributed by atoms with Crippen LogP contribution in [0.4, 0.5) is 5.69 Å². The number of hydrogen-bond acceptors (Lipinski definition) is 6. The van der Waals surface area contributed by atoms with Gasteiger partial charge in [0.15, 0.2) is 5.76 Å². The fourth-order valence-corrected chi connectivity index (χ4v) is 3.88. The molecule has 1 amide bonds. The number of ether oxygens (including phenoxy) is 1. The lowest BCUT2D eigenvalue weighted by molar-refractivity contribution is 0.0992. The minimum absolute atomic E-state index is 0.0123. The summed E-state index contributed by atoms with van der Waals surface area (Å²) in [5.74, 6) is 1.24. The highest BCUT2D eigenvalue weighted by Crippen LogP contribution is 2.18. The van der Waals surface area contributed by atoms with E-state index in [0.29, 0.717) is 23.0 Å². The first-order valence-electron chi connectivity index (χ1n) is 9.70. The minimum atomic E-state index is -3.79. The van der Waals surface area contributed by atoms with Crippen LogP contribution in [0.25, 0.3) is 0 Å². The molecule has 0 saturated heterocycles. The molecule has 2 aromatic heterocycles. The van der Waals surface area contributed by atoms with Crippen LogP contribution in [-0.4, -0.2) is 14.3 Å². The van der Waals surface area contributed by atoms with Gasteiger partial charge in [0, 0.05) is 5.69 Å². The lowest BCUT2D eigenvalue weighted by Gasteiger charge is -2.08. The van der Waals surface area contributed by atoms with Gasteiger partial charge in [-0.1, -0.05) is 24.3 Å². The molecule has 0 fully saturated rings. The van der Waals surface area contributed by atoms with E-state index < -0.39 is 15.9 Å². The van der Waals surface area contributed by atoms with E-state index >= 15 is 0 Å². The number of sulfonamides is 1. The van der Waals surface area contributed by atoms with Gasteiger partial charge < -0.3 is 18.9 Å². The van der Waals surface area contributed by atoms with Crippen molar-refractivity contribution in [2.45, 2.75) is 18.0 Å². The van der Waals surface area contributed by atoms with Crippen molar-refractivity contribution in [1.82, 2.24) is 4.72 Å². The number of anilines is 1. The second kappa shape index (κ2) is 9.54. The SMILES string of the molecule is O=C(Nc1cccc(S(=O)(=O)NCc2ccco2)c1)c1ccc(COc2ccccc2)o1. The molecule has 0 radical (unpaired) electrons. The fourth-order valence-electron chi connectivity index (χ4n) is 2.85. The summed E-state index contributed by atoms with van der Waals surface area (Å²) in [4.78, 5) is 12.5. The Morgan fingerprint density at radius 1 is 0.906 bits per heavy atom. The molecule has 2 N–H and O–H groups in total. The number of rotatable bonds is 9. The number of para-hydroxylation sites is 1. The van der Waals surface area contributed by atoms with E-state index in [9.17, 15) is 13.2 Å². The molecule has 2 heterocycles. The van der Waals surface area contributed by atoms with Crippen LogP contribution in [-0.2, 0) is 23.2 Å². The maximum absolute atomic E-state index is 12.5. The highest BCUT2D eigenvalue weighted by atomic mass is 32.2. The topological polar surface area (TPSA) is 111 Å². The molecule has 2 aromatic carbocycles. The van der Waals surface area contributed by atoms with Crippen molar-refractivity contribution in [3.8, 4) is 5.75 Å². The smallest absolute Gasteiger partial charge is 0.291 e. The molecule has 9 heteroatoms. The molecule has 0 atom stereocenters. The van der Waals surface area contributed by atoms with Gasteiger partial charge in [-0.3, -0.25) is 4.79 Å². The Balaban J connectivity index is 1.38. The Morgan fingerprint density at radius 3 is 2.53 bits per heavy atom. The van der Waals surface area contributed by atoms with Crippen LogP contribution in [0, 0.1) is 0 Å². The van der Waals surface area contributed by atoms with E-state index in [2.05, 4.69) is 10.0 Å². The monoisotopic (exact) mass is 452 g/mol. The number of carbonyl (C=O) groups is 1. The molecule has 8 nitrogen and oxygen atoms in total. The van der Waals surface area contributed by atoms with E-state index in [0.717, 1.165) is 0 Å². The summed E-state index contributed by atoms with van der Waals surface area (Å²) in [7, 11) is -3.79. The highest BCUT2D eigenvalue weighted by molar-refractivity contribution is 7.89. The van der Waals surface area contributed by atoms with Gasteiger partial charge in [-0.2, -0.15) is 0 Å². The third-order valence-corrected chi connectivity index (χ3v) is 5.83. The van der Waals surface area contributed by atoms with Crippen molar-refractivity contribution in [1.29, 1.82) is 0 Å². The zero-order valence-corrected chi connectivity index (χ0v) is 17.7. The maximum atomic E-state index is 12.5. The Labute approximate surface area is 184 Å². The minimum Gasteiger partial charge on any atom is -0.486 e. The van der Waals surface area contributed by atoms with Crippen LogP contribution < -0.4 is 14.8 Å². The summed E-state index contributed by atoms with van der Waals surface area (Å²) in [6.07, 6.45) is 1.47. The maximum Gasteiger partial charge on any atom is 0.291 e. The quantitative estimate of drug-likeness (QED) is 0.394. The third kappa shape index (κ3) is 5.45. The average molecular weight is 452 g/mol. The van der Waals surface area contributed by atoms with Gasteiger partial charge in [0.25, 0.3) is 5.91 Å². The fraction of sp³-hybridized carbons (Fsp3) is 0.0870. The molecular formula is C23H20N2O6S. The van der Waals surface area contributed by atoms with Gasteiger partial charge in [-0.15, -0.1) is 0 Å². The average Bonchev–Trinajstić information content (AvgIpc) is 3.50. The van der Waals surface area contributed by atoms with Gasteiger partial charge in [0.1, 0.15) is 23.9 Å². The number of carbonyl (C=O) groups excluding carboxylic acids is 1. The number of benzene rings is 2. The molecule has 0 aliphatic heterocycles. The first-order chi connectivity index (χ1) is 15.5. The lowest BCUT2D eigenvalue weighted by atomic mass is 10.3. The number of hydrogen-bond donors (Lipinski definition) is 2. The standard InChI is InChI=1S/C23H20N2O6S/c26-23(22-12-11-20(31-22)16-30-18-7-2-1-3-8-18)25-17-6-4-10-21(14-17)32(27,28)24-15-19-9-5-13-29-19/h1-14,24H,15-16H2,(H,25,26). The summed E-state index contributed by atoms with van der Waals surface area (Å²) in [6, 6.07) is 21.7. The van der Waals surface area contributed by atoms with Gasteiger partial charge in [-0.25, -0.2) is 13.1 Å². The Kier molecular flexibility index (Phi) is 6.39. The number of furan rings is 2. The van der Waals surface area contributed by atoms with Crippen LogP contribution in [0.1, 0.15) is 22.1 Å². The molecule has 0 bridgehead atoms. The van der Waals surface area contributed by atoms with Crippen molar-refractivity contribution < 1.29 is 26.8 Å². The predicted octanol–water partition coefficient (Wildman–Crippen LogP) is 4.18. The van der Waals surface area contributed by atoms with Crippen LogP contribution in [0.3, 0.4) is 0 Å². The van der Waals surface area contributed by atoms with E-state index in [-0.39, 0.29) is 23.8 Å². The number of nitrogens with one attached hydrogen (secondary N) is 2. The zero-order valence-electron chi connectivity index (χ0n) is 16.9. The van der Waals surface area contributed by atoms with Crippen molar-refractivity contribution in [2.24, 2.45) is 0 Å². The van der Waals surface area contributed by atoms with Crippen LogP contribution in [0.15, 0.2) is 98.9 Å². The largest absolute Gasteiger partial charge is 0.486 e. The van der Waals surface area contributed by atoms with Crippen LogP contribution in [0.5, 0.6) is 5.75 Å². The van der Waals surface area contributed by atoms with E-state index in [1.165, 1.54) is 24.5 Å². The predicted molar refractivity (Wildman–Crippen MR) is 117 cm³/mol. The normalized spacial score (nSPS) is 11.2. The van der Waals surface area contributed by atoms with E-state index in [1.807, 2.05) is 30.3 Å². The lowest BCUT2D eigenvalue weighted by Crippen LogP contribution is -2.23. The van der Waals surface area contributed by atoms with Crippen molar-refractivity contribution in [3.05, 3.63) is 102 Å². The molecule has 4 aromatic rings. The van der Waals surface area contributed by atoms with Crippen LogP contribution >= 0.6 is 0 Å². The summed E-state index contributed by atoms with van der Waals surface area (Å²) >= 11 is 0. The van der Waals surface area contributed by atoms with Crippen molar-refractivity contribution in [2.75, 3.05) is 5.32 Å². The van der Waals surface area contributed by atoms with E-state index in [4.69, 9.17) is 13.6 Å². The third-order valence-electron chi connectivity index (χ3n) is 4.43. The molecule has 164 valence electrons. The molecule has 32 heavy (non-hydrogen) atoms. The summed E-state index contributed by atoms with van der Waals surface area (Å²) < 4.78 is 43.8. The first kappa shape index (κ1) is 21.4. The molecule has 0 saturated carbocycles. The molecule has 0 aliphatic carbocycles. The Hall–Kier alpha value is -3.82. The second-order valence-electron chi connectivity index (χ2n) is 6.75. The number of amides is 1. The molecule has 0 spiro atoms. The second-order valence-corrected chi connectivity index (χ2v) is 8.52. The molecule has 0 unspecified atom stereocenters. The molecule has 0 aliphatic rings. The van der Waals surface area contributed by atoms with Gasteiger partial charge in [0.2, 0.25) is 10.0 Å². The van der Waals surface area contributed by atoms with E-state index in [1.54, 1.807) is 30.3 Å². The zero-order chi connectivity index (χ0) is 22.4. The van der Waals surface area contributed by atoms with Crippen molar-refractivity contribution >= 4 is 21.6 Å². The molecule has 4 rings (SSSR count). The Morgan fingerprint density at radius 2 is 1.75 bits per heavy atom. The summed E-state index contributed by atoms with van der Waals surface area (Å²) in [5, 5.41) is 2.64. The van der Waals surface area contributed by atoms with Crippen LogP contribution in [0.2, 0.25) is 0 Å². The van der Waals surface area contributed by atoms with Gasteiger partial charge >= 0.3 is 0 Å². The Bertz CT molecular complexity index is 1280. The van der Waals surface area contributed by atoms with Gasteiger partial charge in [-0.05, 0) is 54.6 Å². The van der Waals surface area contributed by atoms with Gasteiger partial charge in [0.05, 0.1) is 17.7 Å². The first-order valence-corrected chi connectivity index (χ1v) is 11.2.